The highest BCUT2D eigenvalue weighted by molar-refractivity contribution is 5.78. The van der Waals surface area contributed by atoms with Gasteiger partial charge in [0.1, 0.15) is 5.78 Å². The van der Waals surface area contributed by atoms with Crippen LogP contribution >= 0.6 is 0 Å². The van der Waals surface area contributed by atoms with E-state index in [9.17, 15) is 4.79 Å². The van der Waals surface area contributed by atoms with E-state index in [1.54, 1.807) is 7.11 Å². The molecule has 0 spiro atoms. The summed E-state index contributed by atoms with van der Waals surface area (Å²) in [7, 11) is 1.77. The molecule has 1 aliphatic carbocycles. The number of unbranched alkanes of at least 4 members (excludes halogenated alkanes) is 3. The van der Waals surface area contributed by atoms with Crippen molar-refractivity contribution in [3.63, 3.8) is 0 Å². The highest BCUT2D eigenvalue weighted by Gasteiger charge is 2.31. The normalized spacial score (nSPS) is 23.5. The van der Waals surface area contributed by atoms with Crippen LogP contribution in [0.4, 0.5) is 0 Å². The van der Waals surface area contributed by atoms with E-state index in [4.69, 9.17) is 11.3 Å². The van der Waals surface area contributed by atoms with E-state index in [-0.39, 0.29) is 6.04 Å². The molecule has 3 nitrogen and oxygen atoms in total. The van der Waals surface area contributed by atoms with Crippen LogP contribution in [0.5, 0.6) is 0 Å². The molecule has 0 aromatic rings. The average Bonchev–Trinajstić information content (AvgIpc) is 2.52. The topological polar surface area (TPSA) is 30.7 Å². The summed E-state index contributed by atoms with van der Waals surface area (Å²) >= 11 is 0. The highest BCUT2D eigenvalue weighted by atomic mass is 16.5. The summed E-state index contributed by atoms with van der Waals surface area (Å²) in [5.41, 5.74) is 0. The van der Waals surface area contributed by atoms with E-state index in [1.165, 1.54) is 12.8 Å². The summed E-state index contributed by atoms with van der Waals surface area (Å²) in [6, 6.07) is 0.0439. The number of carbonyl (C=O) groups is 1. The predicted molar refractivity (Wildman–Crippen MR) is 86.1 cm³/mol. The Labute approximate surface area is 130 Å². The number of carbonyl (C=O) groups excluding carboxylic acids is 1. The Morgan fingerprint density at radius 3 is 2.48 bits per heavy atom. The van der Waals surface area contributed by atoms with Gasteiger partial charge in [0.05, 0.1) is 6.10 Å². The molecule has 0 saturated heterocycles. The average molecular weight is 293 g/mol. The van der Waals surface area contributed by atoms with Crippen molar-refractivity contribution in [3.8, 4) is 0 Å². The number of methoxy groups -OCH3 is 1. The minimum absolute atomic E-state index is 0.0439. The molecule has 1 fully saturated rings. The van der Waals surface area contributed by atoms with Crippen LogP contribution in [0.1, 0.15) is 77.6 Å². The van der Waals surface area contributed by atoms with Crippen LogP contribution in [0.3, 0.4) is 0 Å². The lowest BCUT2D eigenvalue weighted by atomic mass is 9.81. The number of hydrogen-bond donors (Lipinski definition) is 0. The maximum atomic E-state index is 11.9. The minimum Gasteiger partial charge on any atom is -0.381 e. The van der Waals surface area contributed by atoms with Gasteiger partial charge in [0.2, 0.25) is 6.04 Å². The number of nitrogens with zero attached hydrogens (tertiary/aromatic N) is 1. The lowest BCUT2D eigenvalue weighted by molar-refractivity contribution is -0.119. The predicted octanol–water partition coefficient (Wildman–Crippen LogP) is 4.80. The van der Waals surface area contributed by atoms with E-state index >= 15 is 0 Å². The number of rotatable bonds is 10. The third kappa shape index (κ3) is 7.09. The van der Waals surface area contributed by atoms with Gasteiger partial charge in [-0.1, -0.05) is 26.2 Å². The summed E-state index contributed by atoms with van der Waals surface area (Å²) in [6.45, 7) is 9.59. The van der Waals surface area contributed by atoms with E-state index in [1.807, 2.05) is 0 Å². The Balaban J connectivity index is 2.22. The second kappa shape index (κ2) is 10.8. The van der Waals surface area contributed by atoms with Gasteiger partial charge < -0.3 is 9.58 Å². The molecule has 21 heavy (non-hydrogen) atoms. The molecule has 0 N–H and O–H groups in total. The van der Waals surface area contributed by atoms with Crippen LogP contribution in [0.2, 0.25) is 0 Å². The van der Waals surface area contributed by atoms with Crippen LogP contribution in [0.25, 0.3) is 4.85 Å². The standard InChI is InChI=1S/C18H31NO2/c1-4-5-6-7-8-16(20)11-14-18(19-2)15-9-12-17(21-3)13-10-15/h15,17-18H,4-14H2,1,3H3. The highest BCUT2D eigenvalue weighted by Crippen LogP contribution is 2.31. The number of ketones is 1. The van der Waals surface area contributed by atoms with Gasteiger partial charge in [-0.2, -0.15) is 0 Å². The van der Waals surface area contributed by atoms with Crippen molar-refractivity contribution in [2.75, 3.05) is 7.11 Å². The van der Waals surface area contributed by atoms with Crippen molar-refractivity contribution in [3.05, 3.63) is 11.4 Å². The largest absolute Gasteiger partial charge is 0.381 e. The molecule has 1 rings (SSSR count). The molecule has 0 radical (unpaired) electrons. The zero-order valence-electron chi connectivity index (χ0n) is 13.8. The summed E-state index contributed by atoms with van der Waals surface area (Å²) in [5.74, 6) is 0.826. The molecule has 0 aliphatic heterocycles. The Hall–Kier alpha value is -0.880. The number of Topliss-reactive ketones (excluding diaryl/α,β-unsaturated/α-hetero) is 1. The maximum Gasteiger partial charge on any atom is 0.226 e. The molecular formula is C18H31NO2. The minimum atomic E-state index is 0.0439. The summed E-state index contributed by atoms with van der Waals surface area (Å²) < 4.78 is 5.38. The lowest BCUT2D eigenvalue weighted by Crippen LogP contribution is -2.27. The molecule has 0 heterocycles. The first-order valence-corrected chi connectivity index (χ1v) is 8.62. The molecule has 0 aromatic carbocycles. The Morgan fingerprint density at radius 2 is 1.90 bits per heavy atom. The van der Waals surface area contributed by atoms with Crippen molar-refractivity contribution in [1.82, 2.24) is 0 Å². The molecular weight excluding hydrogens is 262 g/mol. The fourth-order valence-electron chi connectivity index (χ4n) is 3.30. The van der Waals surface area contributed by atoms with Crippen LogP contribution in [0.15, 0.2) is 0 Å². The van der Waals surface area contributed by atoms with Crippen molar-refractivity contribution in [2.24, 2.45) is 5.92 Å². The van der Waals surface area contributed by atoms with Gasteiger partial charge in [-0.3, -0.25) is 4.79 Å². The second-order valence-electron chi connectivity index (χ2n) is 6.36. The molecule has 0 bridgehead atoms. The van der Waals surface area contributed by atoms with Crippen molar-refractivity contribution >= 4 is 5.78 Å². The van der Waals surface area contributed by atoms with E-state index in [0.717, 1.165) is 44.9 Å². The van der Waals surface area contributed by atoms with Crippen LogP contribution in [0, 0.1) is 12.5 Å². The van der Waals surface area contributed by atoms with Gasteiger partial charge in [-0.05, 0) is 32.1 Å². The first-order chi connectivity index (χ1) is 10.2. The fraction of sp³-hybridized carbons (Fsp3) is 0.889. The Bertz CT molecular complexity index is 327. The fourth-order valence-corrected chi connectivity index (χ4v) is 3.30. The third-order valence-electron chi connectivity index (χ3n) is 4.79. The van der Waals surface area contributed by atoms with Gasteiger partial charge in [-0.15, -0.1) is 0 Å². The molecule has 1 aliphatic rings. The van der Waals surface area contributed by atoms with Gasteiger partial charge >= 0.3 is 0 Å². The summed E-state index contributed by atoms with van der Waals surface area (Å²) in [6.07, 6.45) is 11.4. The quantitative estimate of drug-likeness (QED) is 0.428. The van der Waals surface area contributed by atoms with Crippen molar-refractivity contribution in [1.29, 1.82) is 0 Å². The molecule has 1 unspecified atom stereocenters. The van der Waals surface area contributed by atoms with E-state index in [0.29, 0.717) is 30.6 Å². The zero-order chi connectivity index (χ0) is 15.5. The molecule has 1 atom stereocenters. The molecule has 0 amide bonds. The first-order valence-electron chi connectivity index (χ1n) is 8.62. The second-order valence-corrected chi connectivity index (χ2v) is 6.36. The van der Waals surface area contributed by atoms with Crippen molar-refractivity contribution < 1.29 is 9.53 Å². The van der Waals surface area contributed by atoms with Gasteiger partial charge in [-0.25, -0.2) is 6.57 Å². The van der Waals surface area contributed by atoms with E-state index in [2.05, 4.69) is 11.8 Å². The molecule has 1 saturated carbocycles. The number of hydrogen-bond acceptors (Lipinski definition) is 2. The molecule has 3 heteroatoms. The maximum absolute atomic E-state index is 11.9. The monoisotopic (exact) mass is 293 g/mol. The number of ether oxygens (including phenoxy) is 1. The van der Waals surface area contributed by atoms with Crippen LogP contribution in [-0.4, -0.2) is 25.0 Å². The van der Waals surface area contributed by atoms with E-state index < -0.39 is 0 Å². The third-order valence-corrected chi connectivity index (χ3v) is 4.79. The molecule has 120 valence electrons. The summed E-state index contributed by atoms with van der Waals surface area (Å²) in [5, 5.41) is 0. The smallest absolute Gasteiger partial charge is 0.226 e. The SMILES string of the molecule is [C-]#[N+]C(CCC(=O)CCCCCC)C1CCC(OC)CC1. The van der Waals surface area contributed by atoms with Gasteiger partial charge in [0.15, 0.2) is 0 Å². The Morgan fingerprint density at radius 1 is 1.19 bits per heavy atom. The van der Waals surface area contributed by atoms with Gasteiger partial charge in [0, 0.05) is 32.3 Å². The van der Waals surface area contributed by atoms with Crippen LogP contribution in [-0.2, 0) is 9.53 Å². The van der Waals surface area contributed by atoms with Crippen molar-refractivity contribution in [2.45, 2.75) is 89.7 Å². The molecule has 0 aromatic heterocycles. The Kier molecular flexibility index (Phi) is 9.34. The van der Waals surface area contributed by atoms with Crippen LogP contribution < -0.4 is 0 Å². The zero-order valence-corrected chi connectivity index (χ0v) is 13.8. The van der Waals surface area contributed by atoms with Gasteiger partial charge in [0.25, 0.3) is 0 Å². The summed E-state index contributed by atoms with van der Waals surface area (Å²) in [4.78, 5) is 15.7. The first kappa shape index (κ1) is 18.2. The lowest BCUT2D eigenvalue weighted by Gasteiger charge is -2.27.